The van der Waals surface area contributed by atoms with Crippen LogP contribution < -0.4 is 0 Å². The molecule has 1 rings (SSSR count). The zero-order valence-electron chi connectivity index (χ0n) is 5.36. The Morgan fingerprint density at radius 3 is 2.20 bits per heavy atom. The zero-order valence-corrected chi connectivity index (χ0v) is 7.62. The standard InChI is InChI=1S/C6H9Cl3O/c7-3-4-1-2-5(10)6(4,8)9/h4-5,10H,1-3H2. The van der Waals surface area contributed by atoms with Gasteiger partial charge in [-0.2, -0.15) is 0 Å². The Bertz CT molecular complexity index is 126. The maximum atomic E-state index is 9.24. The lowest BCUT2D eigenvalue weighted by atomic mass is 10.1. The highest BCUT2D eigenvalue weighted by Gasteiger charge is 2.46. The van der Waals surface area contributed by atoms with Crippen LogP contribution in [0.1, 0.15) is 12.8 Å². The largest absolute Gasteiger partial charge is 0.390 e. The van der Waals surface area contributed by atoms with Gasteiger partial charge in [0.25, 0.3) is 0 Å². The number of alkyl halides is 3. The number of aliphatic hydroxyl groups is 1. The van der Waals surface area contributed by atoms with Crippen LogP contribution in [0.15, 0.2) is 0 Å². The third kappa shape index (κ3) is 1.38. The van der Waals surface area contributed by atoms with Crippen LogP contribution >= 0.6 is 34.8 Å². The summed E-state index contributed by atoms with van der Waals surface area (Å²) < 4.78 is -1.01. The van der Waals surface area contributed by atoms with E-state index in [1.807, 2.05) is 0 Å². The molecule has 1 N–H and O–H groups in total. The Morgan fingerprint density at radius 2 is 2.00 bits per heavy atom. The van der Waals surface area contributed by atoms with Crippen molar-refractivity contribution in [1.29, 1.82) is 0 Å². The number of aliphatic hydroxyl groups excluding tert-OH is 1. The molecule has 0 aromatic carbocycles. The second-order valence-corrected chi connectivity index (χ2v) is 4.37. The molecule has 1 nitrogen and oxygen atoms in total. The summed E-state index contributed by atoms with van der Waals surface area (Å²) in [7, 11) is 0. The van der Waals surface area contributed by atoms with Crippen molar-refractivity contribution in [3.05, 3.63) is 0 Å². The molecule has 60 valence electrons. The lowest BCUT2D eigenvalue weighted by Crippen LogP contribution is -2.31. The molecule has 0 aromatic heterocycles. The van der Waals surface area contributed by atoms with Crippen molar-refractivity contribution in [3.8, 4) is 0 Å². The molecule has 2 unspecified atom stereocenters. The molecule has 0 saturated heterocycles. The summed E-state index contributed by atoms with van der Waals surface area (Å²) in [6.45, 7) is 0. The normalized spacial score (nSPS) is 38.4. The molecular weight excluding hydrogens is 194 g/mol. The summed E-state index contributed by atoms with van der Waals surface area (Å²) in [6, 6.07) is 0. The fourth-order valence-electron chi connectivity index (χ4n) is 1.20. The lowest BCUT2D eigenvalue weighted by Gasteiger charge is -2.22. The predicted molar refractivity (Wildman–Crippen MR) is 43.9 cm³/mol. The predicted octanol–water partition coefficient (Wildman–Crippen LogP) is 2.17. The van der Waals surface area contributed by atoms with E-state index >= 15 is 0 Å². The maximum Gasteiger partial charge on any atom is 0.147 e. The first-order valence-electron chi connectivity index (χ1n) is 3.21. The van der Waals surface area contributed by atoms with Crippen LogP contribution in [0.25, 0.3) is 0 Å². The summed E-state index contributed by atoms with van der Waals surface area (Å²) in [5.74, 6) is 0.455. The number of halogens is 3. The van der Waals surface area contributed by atoms with E-state index in [1.54, 1.807) is 0 Å². The SMILES string of the molecule is OC1CCC(CCl)C1(Cl)Cl. The quantitative estimate of drug-likeness (QED) is 0.648. The van der Waals surface area contributed by atoms with Gasteiger partial charge in [-0.05, 0) is 12.8 Å². The third-order valence-corrected chi connectivity index (χ3v) is 3.46. The van der Waals surface area contributed by atoms with Crippen molar-refractivity contribution < 1.29 is 5.11 Å². The first-order valence-corrected chi connectivity index (χ1v) is 4.50. The van der Waals surface area contributed by atoms with Crippen molar-refractivity contribution in [2.24, 2.45) is 5.92 Å². The minimum atomic E-state index is -1.01. The molecule has 4 heteroatoms. The highest BCUT2D eigenvalue weighted by Crippen LogP contribution is 2.44. The van der Waals surface area contributed by atoms with Gasteiger partial charge in [0.05, 0.1) is 6.10 Å². The number of hydrogen-bond acceptors (Lipinski definition) is 1. The van der Waals surface area contributed by atoms with E-state index in [-0.39, 0.29) is 5.92 Å². The summed E-state index contributed by atoms with van der Waals surface area (Å²) >= 11 is 17.2. The average Bonchev–Trinajstić information content (AvgIpc) is 2.10. The van der Waals surface area contributed by atoms with Gasteiger partial charge >= 0.3 is 0 Å². The van der Waals surface area contributed by atoms with Crippen molar-refractivity contribution in [3.63, 3.8) is 0 Å². The zero-order chi connectivity index (χ0) is 7.78. The van der Waals surface area contributed by atoms with Crippen molar-refractivity contribution in [2.45, 2.75) is 23.3 Å². The molecule has 0 heterocycles. The first-order chi connectivity index (χ1) is 4.59. The van der Waals surface area contributed by atoms with E-state index in [1.165, 1.54) is 0 Å². The van der Waals surface area contributed by atoms with E-state index in [2.05, 4.69) is 0 Å². The monoisotopic (exact) mass is 202 g/mol. The molecular formula is C6H9Cl3O. The Hall–Kier alpha value is 0.830. The molecule has 10 heavy (non-hydrogen) atoms. The third-order valence-electron chi connectivity index (χ3n) is 1.96. The van der Waals surface area contributed by atoms with Crippen molar-refractivity contribution in [2.75, 3.05) is 5.88 Å². The smallest absolute Gasteiger partial charge is 0.147 e. The molecule has 0 radical (unpaired) electrons. The Balaban J connectivity index is 2.64. The highest BCUT2D eigenvalue weighted by molar-refractivity contribution is 6.49. The van der Waals surface area contributed by atoms with Crippen LogP contribution in [-0.2, 0) is 0 Å². The first kappa shape index (κ1) is 8.92. The second kappa shape index (κ2) is 3.06. The van der Waals surface area contributed by atoms with Crippen LogP contribution in [-0.4, -0.2) is 21.4 Å². The number of hydrogen-bond donors (Lipinski definition) is 1. The molecule has 0 amide bonds. The summed E-state index contributed by atoms with van der Waals surface area (Å²) in [6.07, 6.45) is 0.863. The van der Waals surface area contributed by atoms with E-state index in [0.29, 0.717) is 12.3 Å². The van der Waals surface area contributed by atoms with E-state index in [0.717, 1.165) is 6.42 Å². The van der Waals surface area contributed by atoms with Crippen molar-refractivity contribution >= 4 is 34.8 Å². The van der Waals surface area contributed by atoms with Crippen LogP contribution in [0.2, 0.25) is 0 Å². The highest BCUT2D eigenvalue weighted by atomic mass is 35.5. The molecule has 0 spiro atoms. The molecule has 0 aliphatic heterocycles. The molecule has 0 bridgehead atoms. The lowest BCUT2D eigenvalue weighted by molar-refractivity contribution is 0.169. The van der Waals surface area contributed by atoms with Gasteiger partial charge in [0, 0.05) is 11.8 Å². The summed E-state index contributed by atoms with van der Waals surface area (Å²) in [5, 5.41) is 9.24. The van der Waals surface area contributed by atoms with Crippen LogP contribution in [0, 0.1) is 5.92 Å². The topological polar surface area (TPSA) is 20.2 Å². The number of rotatable bonds is 1. The van der Waals surface area contributed by atoms with Crippen LogP contribution in [0.3, 0.4) is 0 Å². The van der Waals surface area contributed by atoms with E-state index in [9.17, 15) is 5.11 Å². The minimum absolute atomic E-state index is 0.0347. The second-order valence-electron chi connectivity index (χ2n) is 2.62. The van der Waals surface area contributed by atoms with Gasteiger partial charge in [0.15, 0.2) is 0 Å². The van der Waals surface area contributed by atoms with Gasteiger partial charge in [0.1, 0.15) is 4.33 Å². The van der Waals surface area contributed by atoms with Crippen molar-refractivity contribution in [1.82, 2.24) is 0 Å². The Labute approximate surface area is 75.3 Å². The van der Waals surface area contributed by atoms with Gasteiger partial charge in [0.2, 0.25) is 0 Å². The average molecular weight is 203 g/mol. The van der Waals surface area contributed by atoms with Crippen LogP contribution in [0.4, 0.5) is 0 Å². The van der Waals surface area contributed by atoms with E-state index in [4.69, 9.17) is 34.8 Å². The van der Waals surface area contributed by atoms with Gasteiger partial charge in [-0.3, -0.25) is 0 Å². The van der Waals surface area contributed by atoms with Gasteiger partial charge in [-0.1, -0.05) is 23.2 Å². The van der Waals surface area contributed by atoms with Gasteiger partial charge in [-0.25, -0.2) is 0 Å². The fourth-order valence-corrected chi connectivity index (χ4v) is 2.34. The maximum absolute atomic E-state index is 9.24. The molecule has 1 aliphatic rings. The molecule has 1 aliphatic carbocycles. The Kier molecular flexibility index (Phi) is 2.73. The molecule has 1 saturated carbocycles. The summed E-state index contributed by atoms with van der Waals surface area (Å²) in [5.41, 5.74) is 0. The van der Waals surface area contributed by atoms with E-state index < -0.39 is 10.4 Å². The van der Waals surface area contributed by atoms with Gasteiger partial charge in [-0.15, -0.1) is 11.6 Å². The molecule has 2 atom stereocenters. The molecule has 1 fully saturated rings. The Morgan fingerprint density at radius 1 is 1.40 bits per heavy atom. The summed E-state index contributed by atoms with van der Waals surface area (Å²) in [4.78, 5) is 0. The van der Waals surface area contributed by atoms with Crippen LogP contribution in [0.5, 0.6) is 0 Å². The minimum Gasteiger partial charge on any atom is -0.390 e. The fraction of sp³-hybridized carbons (Fsp3) is 1.00. The molecule has 0 aromatic rings. The van der Waals surface area contributed by atoms with Gasteiger partial charge < -0.3 is 5.11 Å².